The molecule has 1 fully saturated rings. The van der Waals surface area contributed by atoms with Crippen molar-refractivity contribution in [3.8, 4) is 5.75 Å². The fourth-order valence-electron chi connectivity index (χ4n) is 2.52. The van der Waals surface area contributed by atoms with Gasteiger partial charge in [-0.15, -0.1) is 0 Å². The molecule has 0 bridgehead atoms. The number of ether oxygens (including phenoxy) is 1. The van der Waals surface area contributed by atoms with E-state index in [1.54, 1.807) is 0 Å². The molecule has 0 spiro atoms. The third-order valence-electron chi connectivity index (χ3n) is 3.46. The van der Waals surface area contributed by atoms with Crippen LogP contribution in [-0.4, -0.2) is 31.8 Å². The summed E-state index contributed by atoms with van der Waals surface area (Å²) in [7, 11) is 0. The highest BCUT2D eigenvalue weighted by molar-refractivity contribution is 5.33. The largest absolute Gasteiger partial charge is 0.491 e. The molecule has 0 radical (unpaired) electrons. The molecule has 106 valence electrons. The van der Waals surface area contributed by atoms with E-state index in [1.165, 1.54) is 24.9 Å². The van der Waals surface area contributed by atoms with Gasteiger partial charge in [0.15, 0.2) is 0 Å². The average Bonchev–Trinajstić information content (AvgIpc) is 2.41. The Morgan fingerprint density at radius 3 is 2.95 bits per heavy atom. The molecule has 3 heteroatoms. The Kier molecular flexibility index (Phi) is 5.67. The van der Waals surface area contributed by atoms with Crippen LogP contribution in [0, 0.1) is 0 Å². The van der Waals surface area contributed by atoms with Crippen molar-refractivity contribution in [2.45, 2.75) is 45.3 Å². The fourth-order valence-corrected chi connectivity index (χ4v) is 2.52. The van der Waals surface area contributed by atoms with Crippen LogP contribution in [0.25, 0.3) is 0 Å². The van der Waals surface area contributed by atoms with Crippen LogP contribution in [0.4, 0.5) is 0 Å². The van der Waals surface area contributed by atoms with E-state index in [2.05, 4.69) is 42.7 Å². The maximum atomic E-state index is 5.85. The van der Waals surface area contributed by atoms with Crippen LogP contribution in [0.2, 0.25) is 0 Å². The van der Waals surface area contributed by atoms with Gasteiger partial charge in [-0.1, -0.05) is 18.2 Å². The van der Waals surface area contributed by atoms with Crippen LogP contribution in [0.15, 0.2) is 24.3 Å². The van der Waals surface area contributed by atoms with Crippen molar-refractivity contribution in [3.63, 3.8) is 0 Å². The summed E-state index contributed by atoms with van der Waals surface area (Å²) < 4.78 is 5.85. The van der Waals surface area contributed by atoms with Gasteiger partial charge >= 0.3 is 0 Å². The average molecular weight is 262 g/mol. The molecule has 1 aromatic carbocycles. The van der Waals surface area contributed by atoms with E-state index in [0.29, 0.717) is 6.04 Å². The summed E-state index contributed by atoms with van der Waals surface area (Å²) in [5.41, 5.74) is 1.30. The summed E-state index contributed by atoms with van der Waals surface area (Å²) in [6.45, 7) is 7.43. The van der Waals surface area contributed by atoms with E-state index >= 15 is 0 Å². The van der Waals surface area contributed by atoms with E-state index in [4.69, 9.17) is 4.74 Å². The van der Waals surface area contributed by atoms with Gasteiger partial charge in [0, 0.05) is 12.6 Å². The van der Waals surface area contributed by atoms with Crippen molar-refractivity contribution in [3.05, 3.63) is 29.8 Å². The molecule has 2 N–H and O–H groups in total. The first-order chi connectivity index (χ1) is 9.25. The number of piperidine rings is 1. The molecule has 0 aliphatic carbocycles. The number of nitrogens with one attached hydrogen (secondary N) is 2. The zero-order valence-corrected chi connectivity index (χ0v) is 12.1. The maximum absolute atomic E-state index is 5.85. The first-order valence-electron chi connectivity index (χ1n) is 7.44. The molecule has 1 unspecified atom stereocenters. The molecular weight excluding hydrogens is 236 g/mol. The van der Waals surface area contributed by atoms with E-state index < -0.39 is 0 Å². The van der Waals surface area contributed by atoms with Crippen LogP contribution in [0.3, 0.4) is 0 Å². The van der Waals surface area contributed by atoms with Gasteiger partial charge in [-0.25, -0.2) is 0 Å². The van der Waals surface area contributed by atoms with Crippen molar-refractivity contribution in [2.75, 3.05) is 19.6 Å². The van der Waals surface area contributed by atoms with Crippen molar-refractivity contribution < 1.29 is 4.74 Å². The zero-order valence-electron chi connectivity index (χ0n) is 12.1. The lowest BCUT2D eigenvalue weighted by Crippen LogP contribution is -2.43. The molecule has 1 aliphatic rings. The van der Waals surface area contributed by atoms with Crippen molar-refractivity contribution in [1.82, 2.24) is 10.6 Å². The molecule has 19 heavy (non-hydrogen) atoms. The van der Waals surface area contributed by atoms with Crippen LogP contribution in [0.5, 0.6) is 5.75 Å². The monoisotopic (exact) mass is 262 g/mol. The van der Waals surface area contributed by atoms with Crippen LogP contribution in [-0.2, 0) is 6.42 Å². The molecular formula is C16H26N2O. The first-order valence-corrected chi connectivity index (χ1v) is 7.44. The Labute approximate surface area is 116 Å². The van der Waals surface area contributed by atoms with Gasteiger partial charge in [-0.2, -0.15) is 0 Å². The summed E-state index contributed by atoms with van der Waals surface area (Å²) in [5, 5.41) is 7.07. The summed E-state index contributed by atoms with van der Waals surface area (Å²) in [5.74, 6) is 1.03. The van der Waals surface area contributed by atoms with Gasteiger partial charge in [0.25, 0.3) is 0 Å². The number of para-hydroxylation sites is 1. The van der Waals surface area contributed by atoms with Crippen molar-refractivity contribution in [2.24, 2.45) is 0 Å². The molecule has 1 aliphatic heterocycles. The standard InChI is InChI=1S/C16H26N2O/c1-13(2)19-16-8-4-3-6-14(16)9-11-18-15-7-5-10-17-12-15/h3-4,6,8,13,15,17-18H,5,7,9-12H2,1-2H3. The van der Waals surface area contributed by atoms with Crippen molar-refractivity contribution in [1.29, 1.82) is 0 Å². The summed E-state index contributed by atoms with van der Waals surface area (Å²) >= 11 is 0. The second kappa shape index (κ2) is 7.51. The maximum Gasteiger partial charge on any atom is 0.122 e. The molecule has 3 nitrogen and oxygen atoms in total. The van der Waals surface area contributed by atoms with Gasteiger partial charge in [0.1, 0.15) is 5.75 Å². The fraction of sp³-hybridized carbons (Fsp3) is 0.625. The molecule has 0 saturated carbocycles. The van der Waals surface area contributed by atoms with Gasteiger partial charge in [0.2, 0.25) is 0 Å². The summed E-state index contributed by atoms with van der Waals surface area (Å²) in [6, 6.07) is 8.99. The van der Waals surface area contributed by atoms with E-state index in [0.717, 1.165) is 25.3 Å². The van der Waals surface area contributed by atoms with Gasteiger partial charge in [0.05, 0.1) is 6.10 Å². The molecule has 0 amide bonds. The SMILES string of the molecule is CC(C)Oc1ccccc1CCNC1CCCNC1. The predicted octanol–water partition coefficient (Wildman–Crippen LogP) is 2.36. The molecule has 0 aromatic heterocycles. The van der Waals surface area contributed by atoms with Crippen LogP contribution in [0.1, 0.15) is 32.3 Å². The predicted molar refractivity (Wildman–Crippen MR) is 79.8 cm³/mol. The highest BCUT2D eigenvalue weighted by Gasteiger charge is 2.12. The normalized spacial score (nSPS) is 19.6. The summed E-state index contributed by atoms with van der Waals surface area (Å²) in [4.78, 5) is 0. The van der Waals surface area contributed by atoms with Crippen LogP contribution >= 0.6 is 0 Å². The lowest BCUT2D eigenvalue weighted by Gasteiger charge is -2.24. The van der Waals surface area contributed by atoms with Crippen molar-refractivity contribution >= 4 is 0 Å². The molecule has 2 rings (SSSR count). The third kappa shape index (κ3) is 4.84. The topological polar surface area (TPSA) is 33.3 Å². The highest BCUT2D eigenvalue weighted by atomic mass is 16.5. The third-order valence-corrected chi connectivity index (χ3v) is 3.46. The Balaban J connectivity index is 1.81. The Morgan fingerprint density at radius 1 is 1.37 bits per heavy atom. The second-order valence-electron chi connectivity index (χ2n) is 5.52. The quantitative estimate of drug-likeness (QED) is 0.825. The first kappa shape index (κ1) is 14.4. The summed E-state index contributed by atoms with van der Waals surface area (Å²) in [6.07, 6.45) is 3.83. The minimum Gasteiger partial charge on any atom is -0.491 e. The number of rotatable bonds is 6. The Hall–Kier alpha value is -1.06. The number of hydrogen-bond donors (Lipinski definition) is 2. The lowest BCUT2D eigenvalue weighted by atomic mass is 10.1. The van der Waals surface area contributed by atoms with E-state index in [1.807, 2.05) is 6.07 Å². The van der Waals surface area contributed by atoms with E-state index in [9.17, 15) is 0 Å². The molecule has 1 heterocycles. The van der Waals surface area contributed by atoms with Gasteiger partial charge in [-0.05, 0) is 57.8 Å². The minimum atomic E-state index is 0.233. The van der Waals surface area contributed by atoms with Gasteiger partial charge < -0.3 is 15.4 Å². The smallest absolute Gasteiger partial charge is 0.122 e. The molecule has 1 atom stereocenters. The zero-order chi connectivity index (χ0) is 13.5. The lowest BCUT2D eigenvalue weighted by molar-refractivity contribution is 0.239. The molecule has 1 saturated heterocycles. The van der Waals surface area contributed by atoms with Gasteiger partial charge in [-0.3, -0.25) is 0 Å². The number of benzene rings is 1. The van der Waals surface area contributed by atoms with E-state index in [-0.39, 0.29) is 6.10 Å². The highest BCUT2D eigenvalue weighted by Crippen LogP contribution is 2.19. The second-order valence-corrected chi connectivity index (χ2v) is 5.52. The Morgan fingerprint density at radius 2 is 2.21 bits per heavy atom. The molecule has 1 aromatic rings. The minimum absolute atomic E-state index is 0.233. The Bertz CT molecular complexity index is 373. The van der Waals surface area contributed by atoms with Crippen LogP contribution < -0.4 is 15.4 Å². The number of hydrogen-bond acceptors (Lipinski definition) is 3.